The van der Waals surface area contributed by atoms with Crippen molar-refractivity contribution in [2.75, 3.05) is 32.8 Å². The lowest BCUT2D eigenvalue weighted by Crippen LogP contribution is -2.58. The molecule has 10 heteroatoms. The molecule has 2 amide bonds. The van der Waals surface area contributed by atoms with Crippen LogP contribution < -0.4 is 4.74 Å². The molecule has 0 spiro atoms. The molecule has 1 aliphatic carbocycles. The number of H-pyrrole nitrogens is 1. The van der Waals surface area contributed by atoms with Crippen LogP contribution in [0.3, 0.4) is 0 Å². The number of hydrogen-bond acceptors (Lipinski definition) is 4. The van der Waals surface area contributed by atoms with E-state index in [0.29, 0.717) is 45.0 Å². The number of carbonyl (C=O) groups excluding carboxylic acids is 1. The topological polar surface area (TPSA) is 70.7 Å². The van der Waals surface area contributed by atoms with Crippen LogP contribution in [-0.2, 0) is 16.8 Å². The average Bonchev–Trinajstić information content (AvgIpc) is 3.25. The van der Waals surface area contributed by atoms with Gasteiger partial charge >= 0.3 is 12.2 Å². The molecule has 7 nitrogen and oxygen atoms in total. The van der Waals surface area contributed by atoms with Crippen molar-refractivity contribution >= 4 is 6.03 Å². The Morgan fingerprint density at radius 2 is 1.88 bits per heavy atom. The first kappa shape index (κ1) is 20.8. The van der Waals surface area contributed by atoms with Gasteiger partial charge in [0.05, 0.1) is 49.7 Å². The van der Waals surface area contributed by atoms with Crippen molar-refractivity contribution in [2.45, 2.75) is 43.1 Å². The number of amides is 2. The first-order valence-electron chi connectivity index (χ1n) is 11.3. The first-order valence-corrected chi connectivity index (χ1v) is 11.3. The number of benzene rings is 1. The highest BCUT2D eigenvalue weighted by molar-refractivity contribution is 5.76. The normalized spacial score (nSPS) is 25.8. The second-order valence-corrected chi connectivity index (χ2v) is 9.63. The molecule has 1 N–H and O–H groups in total. The Morgan fingerprint density at radius 1 is 1.15 bits per heavy atom. The van der Waals surface area contributed by atoms with Crippen LogP contribution in [0.5, 0.6) is 5.75 Å². The van der Waals surface area contributed by atoms with E-state index in [1.165, 1.54) is 0 Å². The summed E-state index contributed by atoms with van der Waals surface area (Å²) < 4.78 is 51.4. The number of likely N-dealkylation sites (tertiary alicyclic amines) is 2. The van der Waals surface area contributed by atoms with Gasteiger partial charge in [0.1, 0.15) is 0 Å². The highest BCUT2D eigenvalue weighted by Gasteiger charge is 2.64. The zero-order valence-corrected chi connectivity index (χ0v) is 18.0. The van der Waals surface area contributed by atoms with Gasteiger partial charge < -0.3 is 19.3 Å². The fraction of sp³-hybridized carbons (Fsp3) is 0.565. The largest absolute Gasteiger partial charge is 0.490 e. The molecular weight excluding hydrogens is 437 g/mol. The van der Waals surface area contributed by atoms with Crippen LogP contribution in [0, 0.1) is 5.92 Å². The highest BCUT2D eigenvalue weighted by Crippen LogP contribution is 2.58. The minimum Gasteiger partial charge on any atom is -0.490 e. The number of alkyl halides is 3. The average molecular weight is 462 g/mol. The Kier molecular flexibility index (Phi) is 4.66. The van der Waals surface area contributed by atoms with E-state index in [1.807, 2.05) is 4.90 Å². The van der Waals surface area contributed by atoms with Gasteiger partial charge in [-0.15, -0.1) is 0 Å². The molecule has 1 saturated carbocycles. The van der Waals surface area contributed by atoms with Crippen LogP contribution in [0.2, 0.25) is 0 Å². The number of urea groups is 1. The maximum Gasteiger partial charge on any atom is 0.398 e. The number of fused-ring (bicyclic) bond motifs is 3. The number of nitrogens with zero attached hydrogens (tertiary/aromatic N) is 3. The summed E-state index contributed by atoms with van der Waals surface area (Å²) >= 11 is 0. The van der Waals surface area contributed by atoms with Gasteiger partial charge in [-0.1, -0.05) is 24.3 Å². The van der Waals surface area contributed by atoms with Gasteiger partial charge in [0, 0.05) is 24.9 Å². The summed E-state index contributed by atoms with van der Waals surface area (Å²) in [7, 11) is 0. The number of rotatable bonds is 4. The van der Waals surface area contributed by atoms with Gasteiger partial charge in [0.15, 0.2) is 5.75 Å². The Labute approximate surface area is 188 Å². The van der Waals surface area contributed by atoms with E-state index < -0.39 is 11.6 Å². The molecule has 6 rings (SSSR count). The van der Waals surface area contributed by atoms with Gasteiger partial charge in [0.2, 0.25) is 0 Å². The quantitative estimate of drug-likeness (QED) is 0.756. The monoisotopic (exact) mass is 462 g/mol. The van der Waals surface area contributed by atoms with Crippen LogP contribution in [-0.4, -0.2) is 71.1 Å². The highest BCUT2D eigenvalue weighted by atomic mass is 19.4. The van der Waals surface area contributed by atoms with E-state index in [9.17, 15) is 18.0 Å². The molecule has 1 aromatic carbocycles. The molecule has 0 radical (unpaired) electrons. The van der Waals surface area contributed by atoms with Crippen molar-refractivity contribution in [2.24, 2.45) is 5.92 Å². The molecule has 0 bridgehead atoms. The molecule has 0 unspecified atom stereocenters. The van der Waals surface area contributed by atoms with E-state index in [0.717, 1.165) is 17.0 Å². The van der Waals surface area contributed by atoms with Crippen molar-refractivity contribution in [3.63, 3.8) is 0 Å². The van der Waals surface area contributed by atoms with Gasteiger partial charge in [-0.05, 0) is 24.0 Å². The second-order valence-electron chi connectivity index (χ2n) is 9.63. The predicted molar refractivity (Wildman–Crippen MR) is 111 cm³/mol. The summed E-state index contributed by atoms with van der Waals surface area (Å²) in [6, 6.07) is 6.56. The fourth-order valence-corrected chi connectivity index (χ4v) is 5.28. The maximum absolute atomic E-state index is 13.3. The lowest BCUT2D eigenvalue weighted by atomic mass is 9.91. The summed E-state index contributed by atoms with van der Waals surface area (Å²) in [6.07, 6.45) is -2.26. The molecule has 3 aliphatic heterocycles. The number of hydrogen-bond donors (Lipinski definition) is 1. The van der Waals surface area contributed by atoms with E-state index in [2.05, 4.69) is 10.2 Å². The molecule has 2 saturated heterocycles. The summed E-state index contributed by atoms with van der Waals surface area (Å²) in [6.45, 7) is 3.26. The van der Waals surface area contributed by atoms with Crippen LogP contribution in [0.15, 0.2) is 30.5 Å². The van der Waals surface area contributed by atoms with E-state index >= 15 is 0 Å². The van der Waals surface area contributed by atoms with Crippen molar-refractivity contribution in [3.05, 3.63) is 47.3 Å². The zero-order valence-electron chi connectivity index (χ0n) is 18.0. The van der Waals surface area contributed by atoms with E-state index in [-0.39, 0.29) is 36.8 Å². The van der Waals surface area contributed by atoms with Crippen LogP contribution in [0.1, 0.15) is 35.6 Å². The molecular formula is C23H25F3N4O3. The smallest absolute Gasteiger partial charge is 0.398 e. The standard InChI is InChI=1S/C23H25F3N4O3/c24-23(25,26)22(5-6-22)16-3-1-14(2-4-16)12-32-17-9-30(10-17)21(31)29-8-15-13-33-19-7-27-28-20(19)18(15)11-29/h1-4,7,15,17-18H,5-6,8-13H2,(H,27,28)/t15-,18-/m1/s1. The SMILES string of the molecule is O=C(N1CC(OCc2ccc(C3(C(F)(F)F)CC3)cc2)C1)N1C[C@@H]2COc3cn[nH]c3[C@@H]2C1. The number of carbonyl (C=O) groups is 1. The first-order chi connectivity index (χ1) is 15.8. The minimum atomic E-state index is -4.20. The summed E-state index contributed by atoms with van der Waals surface area (Å²) in [5.41, 5.74) is 0.484. The van der Waals surface area contributed by atoms with Crippen molar-refractivity contribution in [1.82, 2.24) is 20.0 Å². The van der Waals surface area contributed by atoms with Crippen LogP contribution in [0.25, 0.3) is 0 Å². The fourth-order valence-electron chi connectivity index (χ4n) is 5.28. The van der Waals surface area contributed by atoms with Crippen molar-refractivity contribution < 1.29 is 27.4 Å². The zero-order chi connectivity index (χ0) is 22.8. The number of aromatic nitrogens is 2. The van der Waals surface area contributed by atoms with Gasteiger partial charge in [-0.2, -0.15) is 18.3 Å². The van der Waals surface area contributed by atoms with Crippen LogP contribution >= 0.6 is 0 Å². The molecule has 1 aromatic heterocycles. The Bertz CT molecular complexity index is 1040. The van der Waals surface area contributed by atoms with Gasteiger partial charge in [-0.3, -0.25) is 5.10 Å². The Balaban J connectivity index is 0.983. The number of aromatic amines is 1. The van der Waals surface area contributed by atoms with E-state index in [1.54, 1.807) is 35.4 Å². The molecule has 4 aliphatic rings. The maximum atomic E-state index is 13.3. The molecule has 33 heavy (non-hydrogen) atoms. The van der Waals surface area contributed by atoms with E-state index in [4.69, 9.17) is 9.47 Å². The Hall–Kier alpha value is -2.75. The second kappa shape index (κ2) is 7.38. The third-order valence-electron chi connectivity index (χ3n) is 7.57. The third-order valence-corrected chi connectivity index (χ3v) is 7.57. The minimum absolute atomic E-state index is 0.0107. The summed E-state index contributed by atoms with van der Waals surface area (Å²) in [5, 5.41) is 7.06. The number of nitrogens with one attached hydrogen (secondary N) is 1. The van der Waals surface area contributed by atoms with Crippen molar-refractivity contribution in [1.29, 1.82) is 0 Å². The number of ether oxygens (including phenoxy) is 2. The molecule has 2 aromatic rings. The lowest BCUT2D eigenvalue weighted by Gasteiger charge is -2.40. The van der Waals surface area contributed by atoms with Crippen molar-refractivity contribution in [3.8, 4) is 5.75 Å². The molecule has 3 fully saturated rings. The summed E-state index contributed by atoms with van der Waals surface area (Å²) in [5.74, 6) is 1.27. The van der Waals surface area contributed by atoms with Gasteiger partial charge in [0.25, 0.3) is 0 Å². The Morgan fingerprint density at radius 3 is 2.58 bits per heavy atom. The predicted octanol–water partition coefficient (Wildman–Crippen LogP) is 3.43. The number of halogens is 3. The third kappa shape index (κ3) is 3.46. The molecule has 2 atom stereocenters. The molecule has 176 valence electrons. The van der Waals surface area contributed by atoms with Crippen LogP contribution in [0.4, 0.5) is 18.0 Å². The molecule has 4 heterocycles. The lowest BCUT2D eigenvalue weighted by molar-refractivity contribution is -0.160. The summed E-state index contributed by atoms with van der Waals surface area (Å²) in [4.78, 5) is 16.5. The van der Waals surface area contributed by atoms with Gasteiger partial charge in [-0.25, -0.2) is 4.79 Å².